The molecule has 1 aliphatic heterocycles. The molecule has 1 aromatic carbocycles. The molecule has 0 saturated heterocycles. The molecule has 3 rings (SSSR count). The van der Waals surface area contributed by atoms with Crippen LogP contribution in [0.1, 0.15) is 12.2 Å². The number of halogens is 1. The van der Waals surface area contributed by atoms with Crippen LogP contribution < -0.4 is 10.6 Å². The van der Waals surface area contributed by atoms with Gasteiger partial charge >= 0.3 is 0 Å². The van der Waals surface area contributed by atoms with Gasteiger partial charge in [0.2, 0.25) is 17.7 Å². The Morgan fingerprint density at radius 3 is 2.93 bits per heavy atom. The van der Waals surface area contributed by atoms with Crippen LogP contribution in [0.5, 0.6) is 0 Å². The Labute approximate surface area is 165 Å². The summed E-state index contributed by atoms with van der Waals surface area (Å²) >= 11 is 7.24. The second-order valence-electron chi connectivity index (χ2n) is 6.05. The number of thioether (sulfide) groups is 1. The first kappa shape index (κ1) is 19.3. The quantitative estimate of drug-likeness (QED) is 0.767. The summed E-state index contributed by atoms with van der Waals surface area (Å²) in [6, 6.07) is 8.70. The first-order valence-electron chi connectivity index (χ1n) is 8.22. The first-order valence-corrected chi connectivity index (χ1v) is 9.48. The Hall–Kier alpha value is -2.45. The zero-order chi connectivity index (χ0) is 19.4. The van der Waals surface area contributed by atoms with Crippen LogP contribution in [0.25, 0.3) is 0 Å². The van der Waals surface area contributed by atoms with Gasteiger partial charge in [0.25, 0.3) is 0 Å². The van der Waals surface area contributed by atoms with Crippen molar-refractivity contribution in [3.8, 4) is 0 Å². The highest BCUT2D eigenvalue weighted by Gasteiger charge is 2.30. The van der Waals surface area contributed by atoms with Crippen LogP contribution in [0.2, 0.25) is 5.02 Å². The van der Waals surface area contributed by atoms with E-state index in [0.29, 0.717) is 16.5 Å². The maximum Gasteiger partial charge on any atom is 0.239 e. The fourth-order valence-electron chi connectivity index (χ4n) is 2.53. The molecular formula is C18H18ClN3O4S. The monoisotopic (exact) mass is 407 g/mol. The summed E-state index contributed by atoms with van der Waals surface area (Å²) in [6.45, 7) is 0.166. The Kier molecular flexibility index (Phi) is 6.08. The Morgan fingerprint density at radius 2 is 2.19 bits per heavy atom. The number of anilines is 1. The summed E-state index contributed by atoms with van der Waals surface area (Å²) in [5.41, 5.74) is 0.645. The van der Waals surface area contributed by atoms with Crippen LogP contribution in [0.3, 0.4) is 0 Å². The van der Waals surface area contributed by atoms with Crippen LogP contribution in [-0.4, -0.2) is 41.5 Å². The number of hydrogen-bond acceptors (Lipinski definition) is 5. The molecule has 2 heterocycles. The number of nitrogens with one attached hydrogen (secondary N) is 2. The number of rotatable bonds is 6. The van der Waals surface area contributed by atoms with Crippen molar-refractivity contribution in [2.24, 2.45) is 0 Å². The molecule has 0 saturated carbocycles. The van der Waals surface area contributed by atoms with Crippen LogP contribution in [-0.2, 0) is 20.9 Å². The van der Waals surface area contributed by atoms with E-state index in [2.05, 4.69) is 10.6 Å². The average molecular weight is 408 g/mol. The van der Waals surface area contributed by atoms with Gasteiger partial charge in [0.1, 0.15) is 5.76 Å². The van der Waals surface area contributed by atoms with Crippen molar-refractivity contribution in [3.05, 3.63) is 47.4 Å². The topological polar surface area (TPSA) is 91.7 Å². The highest BCUT2D eigenvalue weighted by molar-refractivity contribution is 8.01. The first-order chi connectivity index (χ1) is 12.9. The highest BCUT2D eigenvalue weighted by atomic mass is 35.5. The third-order valence-corrected chi connectivity index (χ3v) is 5.48. The molecule has 142 valence electrons. The third kappa shape index (κ3) is 5.05. The van der Waals surface area contributed by atoms with Gasteiger partial charge in [0.05, 0.1) is 30.3 Å². The number of carbonyl (C=O) groups is 3. The molecule has 0 spiro atoms. The van der Waals surface area contributed by atoms with E-state index in [1.807, 2.05) is 6.07 Å². The summed E-state index contributed by atoms with van der Waals surface area (Å²) in [5, 5.41) is 5.42. The van der Waals surface area contributed by atoms with E-state index in [1.54, 1.807) is 24.3 Å². The normalized spacial score (nSPS) is 15.6. The van der Waals surface area contributed by atoms with Crippen molar-refractivity contribution in [2.45, 2.75) is 23.1 Å². The minimum Gasteiger partial charge on any atom is -0.467 e. The van der Waals surface area contributed by atoms with Gasteiger partial charge in [-0.15, -0.1) is 11.8 Å². The van der Waals surface area contributed by atoms with E-state index in [4.69, 9.17) is 16.0 Å². The summed E-state index contributed by atoms with van der Waals surface area (Å²) in [5.74, 6) is -0.207. The standard InChI is InChI=1S/C18H18ClN3O4S/c1-22(10-16(23)20-9-12-3-2-6-26-12)17(24)8-15-18(25)21-13-7-11(19)4-5-14(13)27-15/h2-7,15H,8-10H2,1H3,(H,20,23)(H,21,25)/t15-/m0/s1. The lowest BCUT2D eigenvalue weighted by atomic mass is 10.2. The van der Waals surface area contributed by atoms with Gasteiger partial charge in [-0.2, -0.15) is 0 Å². The highest BCUT2D eigenvalue weighted by Crippen LogP contribution is 2.38. The molecule has 7 nitrogen and oxygen atoms in total. The van der Waals surface area contributed by atoms with Gasteiger partial charge in [-0.05, 0) is 30.3 Å². The number of benzene rings is 1. The lowest BCUT2D eigenvalue weighted by Crippen LogP contribution is -2.40. The molecule has 3 amide bonds. The van der Waals surface area contributed by atoms with E-state index in [-0.39, 0.29) is 37.2 Å². The minimum absolute atomic E-state index is 0.000526. The summed E-state index contributed by atoms with van der Waals surface area (Å²) in [4.78, 5) is 38.8. The predicted octanol–water partition coefficient (Wildman–Crippen LogP) is 2.51. The molecule has 1 atom stereocenters. The van der Waals surface area contributed by atoms with Gasteiger partial charge in [-0.3, -0.25) is 14.4 Å². The second-order valence-corrected chi connectivity index (χ2v) is 7.73. The van der Waals surface area contributed by atoms with Crippen molar-refractivity contribution in [2.75, 3.05) is 18.9 Å². The van der Waals surface area contributed by atoms with Gasteiger partial charge < -0.3 is 20.0 Å². The SMILES string of the molecule is CN(CC(=O)NCc1ccco1)C(=O)C[C@@H]1Sc2ccc(Cl)cc2NC1=O. The lowest BCUT2D eigenvalue weighted by molar-refractivity contribution is -0.135. The molecule has 27 heavy (non-hydrogen) atoms. The van der Waals surface area contributed by atoms with E-state index in [0.717, 1.165) is 4.90 Å². The van der Waals surface area contributed by atoms with E-state index in [9.17, 15) is 14.4 Å². The number of furan rings is 1. The molecule has 2 N–H and O–H groups in total. The maximum atomic E-state index is 12.4. The smallest absolute Gasteiger partial charge is 0.239 e. The van der Waals surface area contributed by atoms with E-state index < -0.39 is 5.25 Å². The van der Waals surface area contributed by atoms with Crippen molar-refractivity contribution in [3.63, 3.8) is 0 Å². The van der Waals surface area contributed by atoms with E-state index >= 15 is 0 Å². The molecule has 0 aliphatic carbocycles. The zero-order valence-electron chi connectivity index (χ0n) is 14.5. The predicted molar refractivity (Wildman–Crippen MR) is 103 cm³/mol. The largest absolute Gasteiger partial charge is 0.467 e. The molecule has 1 aliphatic rings. The number of carbonyl (C=O) groups excluding carboxylic acids is 3. The Morgan fingerprint density at radius 1 is 1.37 bits per heavy atom. The fraction of sp³-hybridized carbons (Fsp3) is 0.278. The van der Waals surface area contributed by atoms with Gasteiger partial charge in [-0.1, -0.05) is 11.6 Å². The van der Waals surface area contributed by atoms with Crippen molar-refractivity contribution >= 4 is 46.8 Å². The maximum absolute atomic E-state index is 12.4. The molecule has 0 unspecified atom stereocenters. The number of fused-ring (bicyclic) bond motifs is 1. The van der Waals surface area contributed by atoms with Gasteiger partial charge in [0.15, 0.2) is 0 Å². The van der Waals surface area contributed by atoms with Crippen LogP contribution in [0, 0.1) is 0 Å². The average Bonchev–Trinajstić information content (AvgIpc) is 3.14. The van der Waals surface area contributed by atoms with E-state index in [1.165, 1.54) is 30.0 Å². The Balaban J connectivity index is 1.51. The lowest BCUT2D eigenvalue weighted by Gasteiger charge is -2.25. The van der Waals surface area contributed by atoms with Gasteiger partial charge in [0, 0.05) is 23.4 Å². The molecule has 2 aromatic rings. The van der Waals surface area contributed by atoms with Crippen molar-refractivity contribution in [1.29, 1.82) is 0 Å². The number of nitrogens with zero attached hydrogens (tertiary/aromatic N) is 1. The molecule has 1 aromatic heterocycles. The number of likely N-dealkylation sites (N-methyl/N-ethyl adjacent to an activating group) is 1. The summed E-state index contributed by atoms with van der Waals surface area (Å²) in [7, 11) is 1.54. The van der Waals surface area contributed by atoms with Crippen LogP contribution >= 0.6 is 23.4 Å². The molecule has 0 fully saturated rings. The van der Waals surface area contributed by atoms with Crippen molar-refractivity contribution < 1.29 is 18.8 Å². The van der Waals surface area contributed by atoms with Gasteiger partial charge in [-0.25, -0.2) is 0 Å². The third-order valence-electron chi connectivity index (χ3n) is 3.97. The minimum atomic E-state index is -0.556. The number of hydrogen-bond donors (Lipinski definition) is 2. The molecule has 0 radical (unpaired) electrons. The second kappa shape index (κ2) is 8.49. The summed E-state index contributed by atoms with van der Waals surface area (Å²) in [6.07, 6.45) is 1.52. The van der Waals surface area contributed by atoms with Crippen LogP contribution in [0.4, 0.5) is 5.69 Å². The fourth-order valence-corrected chi connectivity index (χ4v) is 3.78. The molecular weight excluding hydrogens is 390 g/mol. The molecule has 0 bridgehead atoms. The number of amides is 3. The molecule has 9 heteroatoms. The summed E-state index contributed by atoms with van der Waals surface area (Å²) < 4.78 is 5.13. The zero-order valence-corrected chi connectivity index (χ0v) is 16.1. The van der Waals surface area contributed by atoms with Crippen LogP contribution in [0.15, 0.2) is 45.9 Å². The Bertz CT molecular complexity index is 856. The van der Waals surface area contributed by atoms with Crippen molar-refractivity contribution in [1.82, 2.24) is 10.2 Å².